The molecular weight excluding hydrogens is 312 g/mol. The van der Waals surface area contributed by atoms with Crippen molar-refractivity contribution in [3.8, 4) is 0 Å². The first-order valence-corrected chi connectivity index (χ1v) is 6.28. The van der Waals surface area contributed by atoms with E-state index in [-0.39, 0.29) is 11.1 Å². The van der Waals surface area contributed by atoms with Crippen LogP contribution < -0.4 is 11.2 Å². The third-order valence-corrected chi connectivity index (χ3v) is 2.73. The van der Waals surface area contributed by atoms with Gasteiger partial charge in [0.05, 0.1) is 5.56 Å². The first-order valence-electron chi connectivity index (χ1n) is 5.36. The van der Waals surface area contributed by atoms with E-state index in [1.807, 2.05) is 0 Å². The Morgan fingerprint density at radius 3 is 2.53 bits per heavy atom. The fourth-order valence-electron chi connectivity index (χ4n) is 1.57. The molecule has 2 aromatic rings. The summed E-state index contributed by atoms with van der Waals surface area (Å²) in [6.07, 6.45) is 2.71. The Morgan fingerprint density at radius 1 is 1.21 bits per heavy atom. The number of carbonyl (C=O) groups excluding carboxylic acids is 1. The fourth-order valence-corrected chi connectivity index (χ4v) is 1.85. The van der Waals surface area contributed by atoms with Gasteiger partial charge in [0.2, 0.25) is 0 Å². The van der Waals surface area contributed by atoms with Crippen molar-refractivity contribution in [1.82, 2.24) is 9.55 Å². The average Bonchev–Trinajstić information content (AvgIpc) is 2.43. The van der Waals surface area contributed by atoms with Crippen molar-refractivity contribution in [2.45, 2.75) is 0 Å². The quantitative estimate of drug-likeness (QED) is 0.913. The van der Waals surface area contributed by atoms with Gasteiger partial charge in [-0.15, -0.1) is 0 Å². The molecule has 0 atom stereocenters. The van der Waals surface area contributed by atoms with Crippen LogP contribution in [0.5, 0.6) is 0 Å². The number of hydrogen-bond donors (Lipinski definition) is 1. The molecule has 1 aromatic carbocycles. The number of aromatic amines is 1. The molecule has 5 nitrogen and oxygen atoms in total. The molecule has 0 fully saturated rings. The standard InChI is InChI=1S/C13H9BrN2O3/c14-7-6-10-8-15-13(19)16(12(10)18)11(17)9-4-2-1-3-5-9/h1-8H,(H,15,19)/b7-6+. The molecule has 0 spiro atoms. The highest BCUT2D eigenvalue weighted by atomic mass is 79.9. The molecule has 0 amide bonds. The zero-order valence-corrected chi connectivity index (χ0v) is 11.3. The van der Waals surface area contributed by atoms with Crippen LogP contribution in [0.25, 0.3) is 6.08 Å². The number of nitrogens with one attached hydrogen (secondary N) is 1. The minimum absolute atomic E-state index is 0.209. The van der Waals surface area contributed by atoms with Crippen molar-refractivity contribution in [3.05, 3.63) is 73.5 Å². The minimum Gasteiger partial charge on any atom is -0.313 e. The van der Waals surface area contributed by atoms with Crippen LogP contribution in [0.2, 0.25) is 0 Å². The number of H-pyrrole nitrogens is 1. The summed E-state index contributed by atoms with van der Waals surface area (Å²) in [5.41, 5.74) is -0.935. The van der Waals surface area contributed by atoms with Crippen LogP contribution >= 0.6 is 15.9 Å². The maximum atomic E-state index is 12.2. The first kappa shape index (κ1) is 13.2. The summed E-state index contributed by atoms with van der Waals surface area (Å²) in [6.45, 7) is 0. The number of nitrogens with zero attached hydrogens (tertiary/aromatic N) is 1. The van der Waals surface area contributed by atoms with E-state index in [1.54, 1.807) is 30.3 Å². The van der Waals surface area contributed by atoms with Crippen molar-refractivity contribution < 1.29 is 4.79 Å². The van der Waals surface area contributed by atoms with Gasteiger partial charge in [0.25, 0.3) is 11.5 Å². The van der Waals surface area contributed by atoms with Gasteiger partial charge in [0, 0.05) is 11.8 Å². The molecule has 0 saturated carbocycles. The van der Waals surface area contributed by atoms with Gasteiger partial charge in [-0.1, -0.05) is 34.1 Å². The molecule has 0 aliphatic carbocycles. The third-order valence-electron chi connectivity index (χ3n) is 2.47. The van der Waals surface area contributed by atoms with Crippen molar-refractivity contribution in [2.75, 3.05) is 0 Å². The Hall–Kier alpha value is -2.21. The Kier molecular flexibility index (Phi) is 3.91. The lowest BCUT2D eigenvalue weighted by Crippen LogP contribution is -2.40. The second-order valence-electron chi connectivity index (χ2n) is 3.65. The summed E-state index contributed by atoms with van der Waals surface area (Å²) in [7, 11) is 0. The number of rotatable bonds is 2. The smallest absolute Gasteiger partial charge is 0.313 e. The van der Waals surface area contributed by atoms with E-state index in [9.17, 15) is 14.4 Å². The molecular formula is C13H9BrN2O3. The molecule has 96 valence electrons. The van der Waals surface area contributed by atoms with Gasteiger partial charge in [-0.2, -0.15) is 4.57 Å². The second-order valence-corrected chi connectivity index (χ2v) is 4.18. The minimum atomic E-state index is -0.759. The molecule has 1 aromatic heterocycles. The van der Waals surface area contributed by atoms with Crippen LogP contribution in [-0.4, -0.2) is 15.5 Å². The fraction of sp³-hybridized carbons (Fsp3) is 0. The number of hydrogen-bond acceptors (Lipinski definition) is 3. The number of carbonyl (C=O) groups is 1. The lowest BCUT2D eigenvalue weighted by Gasteiger charge is -2.03. The maximum Gasteiger partial charge on any atom is 0.335 e. The van der Waals surface area contributed by atoms with Crippen molar-refractivity contribution >= 4 is 27.9 Å². The van der Waals surface area contributed by atoms with E-state index >= 15 is 0 Å². The largest absolute Gasteiger partial charge is 0.335 e. The van der Waals surface area contributed by atoms with E-state index in [1.165, 1.54) is 17.3 Å². The average molecular weight is 321 g/mol. The highest BCUT2D eigenvalue weighted by molar-refractivity contribution is 9.11. The lowest BCUT2D eigenvalue weighted by atomic mass is 10.2. The van der Waals surface area contributed by atoms with Gasteiger partial charge in [0.1, 0.15) is 0 Å². The summed E-state index contributed by atoms with van der Waals surface area (Å²) < 4.78 is 0.581. The molecule has 0 unspecified atom stereocenters. The predicted octanol–water partition coefficient (Wildman–Crippen LogP) is 1.59. The first-order chi connectivity index (χ1) is 9.15. The van der Waals surface area contributed by atoms with Crippen LogP contribution in [-0.2, 0) is 0 Å². The number of aromatic nitrogens is 2. The lowest BCUT2D eigenvalue weighted by molar-refractivity contribution is 0.0950. The zero-order valence-electron chi connectivity index (χ0n) is 9.67. The Balaban J connectivity index is 2.63. The summed E-state index contributed by atoms with van der Waals surface area (Å²) >= 11 is 3.04. The monoisotopic (exact) mass is 320 g/mol. The highest BCUT2D eigenvalue weighted by Gasteiger charge is 2.14. The second kappa shape index (κ2) is 5.62. The maximum absolute atomic E-state index is 12.2. The van der Waals surface area contributed by atoms with Gasteiger partial charge >= 0.3 is 5.69 Å². The Labute approximate surface area is 116 Å². The van der Waals surface area contributed by atoms with Crippen molar-refractivity contribution in [1.29, 1.82) is 0 Å². The molecule has 0 saturated heterocycles. The zero-order chi connectivity index (χ0) is 13.8. The van der Waals surface area contributed by atoms with Gasteiger partial charge in [-0.3, -0.25) is 9.59 Å². The SMILES string of the molecule is O=C(c1ccccc1)n1c(=O)[nH]cc(/C=C/Br)c1=O. The van der Waals surface area contributed by atoms with Crippen LogP contribution in [0.3, 0.4) is 0 Å². The molecule has 1 heterocycles. The highest BCUT2D eigenvalue weighted by Crippen LogP contribution is 2.00. The van der Waals surface area contributed by atoms with Crippen molar-refractivity contribution in [3.63, 3.8) is 0 Å². The summed E-state index contributed by atoms with van der Waals surface area (Å²) in [5.74, 6) is -0.656. The van der Waals surface area contributed by atoms with Crippen LogP contribution in [0.15, 0.2) is 51.1 Å². The Morgan fingerprint density at radius 2 is 1.89 bits per heavy atom. The topological polar surface area (TPSA) is 71.9 Å². The summed E-state index contributed by atoms with van der Waals surface area (Å²) in [4.78, 5) is 39.7. The molecule has 0 bridgehead atoms. The van der Waals surface area contributed by atoms with E-state index in [4.69, 9.17) is 0 Å². The van der Waals surface area contributed by atoms with Gasteiger partial charge in [-0.25, -0.2) is 4.79 Å². The molecule has 2 rings (SSSR count). The predicted molar refractivity (Wildman–Crippen MR) is 75.5 cm³/mol. The van der Waals surface area contributed by atoms with E-state index in [0.717, 1.165) is 0 Å². The van der Waals surface area contributed by atoms with Crippen LogP contribution in [0.4, 0.5) is 0 Å². The number of benzene rings is 1. The molecule has 6 heteroatoms. The molecule has 0 aliphatic rings. The van der Waals surface area contributed by atoms with Crippen molar-refractivity contribution in [2.24, 2.45) is 0 Å². The van der Waals surface area contributed by atoms with E-state index < -0.39 is 17.2 Å². The van der Waals surface area contributed by atoms with Gasteiger partial charge in [0.15, 0.2) is 0 Å². The Bertz CT molecular complexity index is 744. The number of halogens is 1. The summed E-state index contributed by atoms with van der Waals surface area (Å²) in [5, 5.41) is 0. The third kappa shape index (κ3) is 2.63. The van der Waals surface area contributed by atoms with Gasteiger partial charge < -0.3 is 4.98 Å². The molecule has 0 aliphatic heterocycles. The molecule has 19 heavy (non-hydrogen) atoms. The van der Waals surface area contributed by atoms with Crippen LogP contribution in [0.1, 0.15) is 15.9 Å². The molecule has 1 N–H and O–H groups in total. The normalized spacial score (nSPS) is 10.8. The molecule has 0 radical (unpaired) electrons. The van der Waals surface area contributed by atoms with E-state index in [0.29, 0.717) is 4.57 Å². The van der Waals surface area contributed by atoms with Gasteiger partial charge in [-0.05, 0) is 23.2 Å². The van der Waals surface area contributed by atoms with Crippen LogP contribution in [0, 0.1) is 0 Å². The summed E-state index contributed by atoms with van der Waals surface area (Å²) in [6, 6.07) is 8.15. The van der Waals surface area contributed by atoms with E-state index in [2.05, 4.69) is 20.9 Å².